The lowest BCUT2D eigenvalue weighted by molar-refractivity contribution is -0.138. The molecule has 1 amide bonds. The maximum atomic E-state index is 12.1. The minimum absolute atomic E-state index is 0.0952. The molecule has 1 heterocycles. The standard InChI is InChI=1S/C15H17NO5/c1-8(14(19)20)16-13(18)9-4-5-12-10(6-9)11(17)7-15(2,3)21-12/h4-6,8H,7H2,1-3H3,(H,16,18)(H,19,20). The van der Waals surface area contributed by atoms with Crippen LogP contribution < -0.4 is 10.1 Å². The van der Waals surface area contributed by atoms with Crippen LogP contribution in [-0.2, 0) is 4.79 Å². The molecule has 2 N–H and O–H groups in total. The monoisotopic (exact) mass is 291 g/mol. The second-order valence-electron chi connectivity index (χ2n) is 5.71. The van der Waals surface area contributed by atoms with Crippen molar-refractivity contribution in [2.24, 2.45) is 0 Å². The summed E-state index contributed by atoms with van der Waals surface area (Å²) < 4.78 is 5.70. The zero-order chi connectivity index (χ0) is 15.8. The van der Waals surface area contributed by atoms with Crippen LogP contribution in [0.1, 0.15) is 47.9 Å². The maximum Gasteiger partial charge on any atom is 0.325 e. The third kappa shape index (κ3) is 3.21. The van der Waals surface area contributed by atoms with Gasteiger partial charge in [0.1, 0.15) is 17.4 Å². The number of nitrogens with one attached hydrogen (secondary N) is 1. The minimum atomic E-state index is -1.12. The Morgan fingerprint density at radius 1 is 1.38 bits per heavy atom. The van der Waals surface area contributed by atoms with Gasteiger partial charge in [0.05, 0.1) is 12.0 Å². The first-order valence-electron chi connectivity index (χ1n) is 6.59. The lowest BCUT2D eigenvalue weighted by atomic mass is 9.92. The fourth-order valence-electron chi connectivity index (χ4n) is 2.14. The Balaban J connectivity index is 2.26. The molecular formula is C15H17NO5. The first-order valence-corrected chi connectivity index (χ1v) is 6.59. The lowest BCUT2D eigenvalue weighted by Gasteiger charge is -2.31. The Hall–Kier alpha value is -2.37. The molecule has 0 fully saturated rings. The Morgan fingerprint density at radius 3 is 2.67 bits per heavy atom. The molecule has 1 aromatic carbocycles. The number of hydrogen-bond donors (Lipinski definition) is 2. The molecule has 21 heavy (non-hydrogen) atoms. The van der Waals surface area contributed by atoms with E-state index in [0.29, 0.717) is 11.3 Å². The highest BCUT2D eigenvalue weighted by Crippen LogP contribution is 2.33. The number of ether oxygens (including phenoxy) is 1. The normalized spacial score (nSPS) is 17.4. The highest BCUT2D eigenvalue weighted by atomic mass is 16.5. The van der Waals surface area contributed by atoms with Gasteiger partial charge in [-0.05, 0) is 39.0 Å². The SMILES string of the molecule is CC(NC(=O)c1ccc2c(c1)C(=O)CC(C)(C)O2)C(=O)O. The summed E-state index contributed by atoms with van der Waals surface area (Å²) in [7, 11) is 0. The van der Waals surface area contributed by atoms with Crippen molar-refractivity contribution in [2.45, 2.75) is 38.8 Å². The smallest absolute Gasteiger partial charge is 0.325 e. The largest absolute Gasteiger partial charge is 0.487 e. The molecule has 0 aliphatic carbocycles. The van der Waals surface area contributed by atoms with E-state index in [4.69, 9.17) is 9.84 Å². The molecule has 2 rings (SSSR count). The number of carboxylic acids is 1. The van der Waals surface area contributed by atoms with Gasteiger partial charge in [-0.15, -0.1) is 0 Å². The summed E-state index contributed by atoms with van der Waals surface area (Å²) in [5, 5.41) is 11.1. The van der Waals surface area contributed by atoms with E-state index in [1.165, 1.54) is 19.1 Å². The van der Waals surface area contributed by atoms with E-state index in [2.05, 4.69) is 5.32 Å². The fourth-order valence-corrected chi connectivity index (χ4v) is 2.14. The number of carbonyl (C=O) groups is 3. The number of hydrogen-bond acceptors (Lipinski definition) is 4. The molecule has 6 nitrogen and oxygen atoms in total. The van der Waals surface area contributed by atoms with Gasteiger partial charge in [-0.1, -0.05) is 0 Å². The van der Waals surface area contributed by atoms with E-state index < -0.39 is 23.5 Å². The third-order valence-electron chi connectivity index (χ3n) is 3.23. The molecule has 6 heteroatoms. The van der Waals surface area contributed by atoms with Crippen molar-refractivity contribution in [1.82, 2.24) is 5.32 Å². The zero-order valence-corrected chi connectivity index (χ0v) is 12.1. The van der Waals surface area contributed by atoms with Gasteiger partial charge in [0.15, 0.2) is 5.78 Å². The number of benzene rings is 1. The molecule has 1 aliphatic rings. The van der Waals surface area contributed by atoms with Gasteiger partial charge in [-0.3, -0.25) is 14.4 Å². The predicted octanol–water partition coefficient (Wildman–Crippen LogP) is 1.63. The van der Waals surface area contributed by atoms with E-state index in [0.717, 1.165) is 0 Å². The van der Waals surface area contributed by atoms with Crippen LogP contribution in [0.2, 0.25) is 0 Å². The quantitative estimate of drug-likeness (QED) is 0.883. The molecule has 0 spiro atoms. The van der Waals surface area contributed by atoms with E-state index >= 15 is 0 Å². The van der Waals surface area contributed by atoms with E-state index in [1.54, 1.807) is 6.07 Å². The van der Waals surface area contributed by atoms with E-state index in [-0.39, 0.29) is 17.8 Å². The van der Waals surface area contributed by atoms with Gasteiger partial charge >= 0.3 is 5.97 Å². The Morgan fingerprint density at radius 2 is 2.05 bits per heavy atom. The number of fused-ring (bicyclic) bond motifs is 1. The van der Waals surface area contributed by atoms with Crippen LogP contribution in [0.3, 0.4) is 0 Å². The van der Waals surface area contributed by atoms with Gasteiger partial charge in [0.25, 0.3) is 5.91 Å². The number of carbonyl (C=O) groups excluding carboxylic acids is 2. The molecule has 112 valence electrons. The van der Waals surface area contributed by atoms with Gasteiger partial charge in [0, 0.05) is 5.56 Å². The van der Waals surface area contributed by atoms with Gasteiger partial charge in [-0.2, -0.15) is 0 Å². The minimum Gasteiger partial charge on any atom is -0.487 e. The van der Waals surface area contributed by atoms with Crippen LogP contribution >= 0.6 is 0 Å². The van der Waals surface area contributed by atoms with Crippen LogP contribution in [0.15, 0.2) is 18.2 Å². The van der Waals surface area contributed by atoms with Crippen molar-refractivity contribution in [1.29, 1.82) is 0 Å². The van der Waals surface area contributed by atoms with Gasteiger partial charge in [0.2, 0.25) is 0 Å². The second kappa shape index (κ2) is 5.20. The Labute approximate surface area is 122 Å². The van der Waals surface area contributed by atoms with Crippen LogP contribution in [0, 0.1) is 0 Å². The summed E-state index contributed by atoms with van der Waals surface area (Å²) in [4.78, 5) is 34.8. The summed E-state index contributed by atoms with van der Waals surface area (Å²) in [6.45, 7) is 5.02. The number of rotatable bonds is 3. The molecule has 1 aromatic rings. The predicted molar refractivity (Wildman–Crippen MR) is 74.7 cm³/mol. The summed E-state index contributed by atoms with van der Waals surface area (Å²) >= 11 is 0. The number of ketones is 1. The van der Waals surface area contributed by atoms with Crippen LogP contribution in [0.5, 0.6) is 5.75 Å². The topological polar surface area (TPSA) is 92.7 Å². The third-order valence-corrected chi connectivity index (χ3v) is 3.23. The van der Waals surface area contributed by atoms with Crippen LogP contribution in [0.25, 0.3) is 0 Å². The van der Waals surface area contributed by atoms with Crippen molar-refractivity contribution in [3.63, 3.8) is 0 Å². The van der Waals surface area contributed by atoms with Gasteiger partial charge < -0.3 is 15.2 Å². The van der Waals surface area contributed by atoms with Crippen LogP contribution in [-0.4, -0.2) is 34.4 Å². The average molecular weight is 291 g/mol. The first kappa shape index (κ1) is 15.0. The number of Topliss-reactive ketones (excluding diaryl/α,β-unsaturated/α-hetero) is 1. The molecule has 1 unspecified atom stereocenters. The van der Waals surface area contributed by atoms with Crippen molar-refractivity contribution in [3.8, 4) is 5.75 Å². The van der Waals surface area contributed by atoms with Crippen molar-refractivity contribution >= 4 is 17.7 Å². The molecule has 1 aliphatic heterocycles. The molecule has 1 atom stereocenters. The molecule has 0 saturated carbocycles. The average Bonchev–Trinajstić information content (AvgIpc) is 2.36. The Bertz CT molecular complexity index is 620. The molecule has 0 bridgehead atoms. The molecule has 0 aromatic heterocycles. The number of carboxylic acid groups (broad SMARTS) is 1. The highest BCUT2D eigenvalue weighted by molar-refractivity contribution is 6.04. The van der Waals surface area contributed by atoms with Crippen molar-refractivity contribution in [2.75, 3.05) is 0 Å². The molecule has 0 radical (unpaired) electrons. The summed E-state index contributed by atoms with van der Waals surface area (Å²) in [6.07, 6.45) is 0.233. The second-order valence-corrected chi connectivity index (χ2v) is 5.71. The number of aliphatic carboxylic acids is 1. The van der Waals surface area contributed by atoms with Crippen molar-refractivity contribution < 1.29 is 24.2 Å². The molecule has 0 saturated heterocycles. The fraction of sp³-hybridized carbons (Fsp3) is 0.400. The Kier molecular flexibility index (Phi) is 3.72. The van der Waals surface area contributed by atoms with E-state index in [9.17, 15) is 14.4 Å². The first-order chi connectivity index (χ1) is 9.69. The van der Waals surface area contributed by atoms with Crippen LogP contribution in [0.4, 0.5) is 0 Å². The van der Waals surface area contributed by atoms with E-state index in [1.807, 2.05) is 13.8 Å². The maximum absolute atomic E-state index is 12.1. The lowest BCUT2D eigenvalue weighted by Crippen LogP contribution is -2.39. The summed E-state index contributed by atoms with van der Waals surface area (Å²) in [5.74, 6) is -1.31. The number of amides is 1. The van der Waals surface area contributed by atoms with Gasteiger partial charge in [-0.25, -0.2) is 0 Å². The van der Waals surface area contributed by atoms with Crippen molar-refractivity contribution in [3.05, 3.63) is 29.3 Å². The highest BCUT2D eigenvalue weighted by Gasteiger charge is 2.32. The summed E-state index contributed by atoms with van der Waals surface area (Å²) in [6, 6.07) is 3.52. The zero-order valence-electron chi connectivity index (χ0n) is 12.1. The molecular weight excluding hydrogens is 274 g/mol. The summed E-state index contributed by atoms with van der Waals surface area (Å²) in [5.41, 5.74) is 0.0227.